The first-order valence-corrected chi connectivity index (χ1v) is 7.92. The summed E-state index contributed by atoms with van der Waals surface area (Å²) < 4.78 is 11.4. The molecule has 2 aromatic carbocycles. The Balaban J connectivity index is 1.60. The Bertz CT molecular complexity index is 855. The van der Waals surface area contributed by atoms with E-state index in [9.17, 15) is 0 Å². The van der Waals surface area contributed by atoms with Crippen molar-refractivity contribution in [3.63, 3.8) is 0 Å². The van der Waals surface area contributed by atoms with Gasteiger partial charge in [-0.2, -0.15) is 5.26 Å². The average molecular weight is 318 g/mol. The van der Waals surface area contributed by atoms with E-state index in [1.807, 2.05) is 54.6 Å². The van der Waals surface area contributed by atoms with Crippen molar-refractivity contribution < 1.29 is 9.47 Å². The molecule has 0 bridgehead atoms. The van der Waals surface area contributed by atoms with Crippen LogP contribution >= 0.6 is 0 Å². The Morgan fingerprint density at radius 1 is 0.917 bits per heavy atom. The number of pyridine rings is 1. The Kier molecular flexibility index (Phi) is 5.26. The predicted octanol–water partition coefficient (Wildman–Crippen LogP) is 4.50. The highest BCUT2D eigenvalue weighted by molar-refractivity contribution is 5.78. The molecule has 0 saturated heterocycles. The first-order chi connectivity index (χ1) is 11.8. The van der Waals surface area contributed by atoms with E-state index in [4.69, 9.17) is 14.7 Å². The summed E-state index contributed by atoms with van der Waals surface area (Å²) in [7, 11) is 0. The fourth-order valence-electron chi connectivity index (χ4n) is 2.34. The molecule has 0 radical (unpaired) electrons. The van der Waals surface area contributed by atoms with Crippen molar-refractivity contribution >= 4 is 10.9 Å². The van der Waals surface area contributed by atoms with Gasteiger partial charge in [-0.25, -0.2) is 4.98 Å². The fourth-order valence-corrected chi connectivity index (χ4v) is 2.34. The van der Waals surface area contributed by atoms with Crippen molar-refractivity contribution in [3.05, 3.63) is 66.4 Å². The van der Waals surface area contributed by atoms with Gasteiger partial charge in [0.05, 0.1) is 23.9 Å². The summed E-state index contributed by atoms with van der Waals surface area (Å²) in [4.78, 5) is 4.60. The number of ether oxygens (including phenoxy) is 2. The summed E-state index contributed by atoms with van der Waals surface area (Å²) >= 11 is 0. The van der Waals surface area contributed by atoms with Crippen LogP contribution in [0.25, 0.3) is 10.9 Å². The number of para-hydroxylation sites is 1. The molecule has 4 heteroatoms. The topological polar surface area (TPSA) is 55.1 Å². The third kappa shape index (κ3) is 4.23. The van der Waals surface area contributed by atoms with Crippen LogP contribution in [0.15, 0.2) is 60.7 Å². The first-order valence-electron chi connectivity index (χ1n) is 7.92. The van der Waals surface area contributed by atoms with Crippen molar-refractivity contribution in [2.24, 2.45) is 0 Å². The van der Waals surface area contributed by atoms with Gasteiger partial charge < -0.3 is 9.47 Å². The summed E-state index contributed by atoms with van der Waals surface area (Å²) in [5.74, 6) is 1.49. The van der Waals surface area contributed by atoms with Crippen molar-refractivity contribution in [1.29, 1.82) is 5.26 Å². The smallest absolute Gasteiger partial charge is 0.130 e. The molecule has 3 aromatic rings. The molecule has 0 aliphatic rings. The van der Waals surface area contributed by atoms with Crippen LogP contribution in [0.3, 0.4) is 0 Å². The Morgan fingerprint density at radius 3 is 2.62 bits per heavy atom. The lowest BCUT2D eigenvalue weighted by Crippen LogP contribution is -2.00. The second kappa shape index (κ2) is 7.98. The number of nitriles is 1. The average Bonchev–Trinajstić information content (AvgIpc) is 2.64. The minimum Gasteiger partial charge on any atom is -0.493 e. The lowest BCUT2D eigenvalue weighted by atomic mass is 10.2. The summed E-state index contributed by atoms with van der Waals surface area (Å²) in [6.45, 7) is 0.936. The van der Waals surface area contributed by atoms with E-state index < -0.39 is 0 Å². The number of nitrogens with zero attached hydrogens (tertiary/aromatic N) is 2. The summed E-state index contributed by atoms with van der Waals surface area (Å²) in [5, 5.41) is 9.64. The van der Waals surface area contributed by atoms with Gasteiger partial charge in [0.2, 0.25) is 0 Å². The molecule has 0 spiro atoms. The molecule has 0 unspecified atom stereocenters. The molecule has 0 atom stereocenters. The molecular formula is C20H18N2O2. The van der Waals surface area contributed by atoms with E-state index >= 15 is 0 Å². The predicted molar refractivity (Wildman–Crippen MR) is 92.9 cm³/mol. The molecule has 3 rings (SSSR count). The summed E-state index contributed by atoms with van der Waals surface area (Å²) in [6, 6.07) is 21.7. The summed E-state index contributed by atoms with van der Waals surface area (Å²) in [5.41, 5.74) is 1.85. The summed E-state index contributed by atoms with van der Waals surface area (Å²) in [6.07, 6.45) is 1.23. The maximum Gasteiger partial charge on any atom is 0.130 e. The molecule has 0 amide bonds. The number of hydrogen-bond acceptors (Lipinski definition) is 4. The lowest BCUT2D eigenvalue weighted by Gasteiger charge is -2.09. The highest BCUT2D eigenvalue weighted by Gasteiger charge is 2.02. The highest BCUT2D eigenvalue weighted by Crippen LogP contribution is 2.21. The van der Waals surface area contributed by atoms with Crippen molar-refractivity contribution in [2.75, 3.05) is 6.61 Å². The van der Waals surface area contributed by atoms with Gasteiger partial charge in [0.15, 0.2) is 0 Å². The van der Waals surface area contributed by atoms with E-state index in [-0.39, 0.29) is 0 Å². The largest absolute Gasteiger partial charge is 0.493 e. The fraction of sp³-hybridized carbons (Fsp3) is 0.200. The van der Waals surface area contributed by atoms with E-state index in [1.165, 1.54) is 0 Å². The second-order valence-electron chi connectivity index (χ2n) is 5.37. The normalized spacial score (nSPS) is 10.3. The van der Waals surface area contributed by atoms with Crippen LogP contribution in [0.5, 0.6) is 11.5 Å². The SMILES string of the molecule is N#CCCCOc1cccc(OCc2ccc3ccccc3n2)c1. The van der Waals surface area contributed by atoms with E-state index in [1.54, 1.807) is 0 Å². The molecule has 0 aliphatic heterocycles. The van der Waals surface area contributed by atoms with Gasteiger partial charge in [-0.15, -0.1) is 0 Å². The molecule has 0 saturated carbocycles. The molecule has 0 aliphatic carbocycles. The van der Waals surface area contributed by atoms with Gasteiger partial charge in [0, 0.05) is 17.9 Å². The maximum absolute atomic E-state index is 8.52. The van der Waals surface area contributed by atoms with E-state index in [0.29, 0.717) is 19.6 Å². The van der Waals surface area contributed by atoms with Crippen molar-refractivity contribution in [3.8, 4) is 17.6 Å². The number of hydrogen-bond donors (Lipinski definition) is 0. The number of aromatic nitrogens is 1. The van der Waals surface area contributed by atoms with Gasteiger partial charge in [0.25, 0.3) is 0 Å². The Hall–Kier alpha value is -3.06. The maximum atomic E-state index is 8.52. The molecule has 4 nitrogen and oxygen atoms in total. The zero-order valence-corrected chi connectivity index (χ0v) is 13.3. The van der Waals surface area contributed by atoms with Crippen LogP contribution < -0.4 is 9.47 Å². The van der Waals surface area contributed by atoms with E-state index in [2.05, 4.69) is 17.1 Å². The minimum atomic E-state index is 0.405. The highest BCUT2D eigenvalue weighted by atomic mass is 16.5. The van der Waals surface area contributed by atoms with Gasteiger partial charge >= 0.3 is 0 Å². The number of benzene rings is 2. The van der Waals surface area contributed by atoms with Crippen LogP contribution in [0.2, 0.25) is 0 Å². The quantitative estimate of drug-likeness (QED) is 0.602. The van der Waals surface area contributed by atoms with Gasteiger partial charge in [-0.05, 0) is 30.7 Å². The van der Waals surface area contributed by atoms with Gasteiger partial charge in [-0.1, -0.05) is 30.3 Å². The van der Waals surface area contributed by atoms with Crippen LogP contribution in [0, 0.1) is 11.3 Å². The van der Waals surface area contributed by atoms with Crippen LogP contribution in [0.4, 0.5) is 0 Å². The third-order valence-corrected chi connectivity index (χ3v) is 3.55. The molecule has 0 fully saturated rings. The van der Waals surface area contributed by atoms with Crippen LogP contribution in [-0.4, -0.2) is 11.6 Å². The molecule has 1 heterocycles. The number of rotatable bonds is 7. The van der Waals surface area contributed by atoms with Crippen molar-refractivity contribution in [1.82, 2.24) is 4.98 Å². The Morgan fingerprint density at radius 2 is 1.75 bits per heavy atom. The first kappa shape index (κ1) is 15.8. The molecular weight excluding hydrogens is 300 g/mol. The molecule has 24 heavy (non-hydrogen) atoms. The van der Waals surface area contributed by atoms with Crippen molar-refractivity contribution in [2.45, 2.75) is 19.4 Å². The monoisotopic (exact) mass is 318 g/mol. The molecule has 0 N–H and O–H groups in total. The zero-order valence-electron chi connectivity index (χ0n) is 13.3. The second-order valence-corrected chi connectivity index (χ2v) is 5.37. The molecule has 1 aromatic heterocycles. The van der Waals surface area contributed by atoms with Crippen LogP contribution in [0.1, 0.15) is 18.5 Å². The minimum absolute atomic E-state index is 0.405. The van der Waals surface area contributed by atoms with E-state index in [0.717, 1.165) is 34.5 Å². The van der Waals surface area contributed by atoms with Gasteiger partial charge in [-0.3, -0.25) is 0 Å². The lowest BCUT2D eigenvalue weighted by molar-refractivity contribution is 0.290. The van der Waals surface area contributed by atoms with Crippen LogP contribution in [-0.2, 0) is 6.61 Å². The third-order valence-electron chi connectivity index (χ3n) is 3.55. The number of unbranched alkanes of at least 4 members (excludes halogenated alkanes) is 1. The standard InChI is InChI=1S/C20H18N2O2/c21-12-3-4-13-23-18-7-5-8-19(14-18)24-15-17-11-10-16-6-1-2-9-20(16)22-17/h1-2,5-11,14H,3-4,13,15H2. The zero-order chi connectivity index (χ0) is 16.6. The van der Waals surface area contributed by atoms with Gasteiger partial charge in [0.1, 0.15) is 18.1 Å². The number of fused-ring (bicyclic) bond motifs is 1. The molecule has 120 valence electrons. The Labute approximate surface area is 141 Å².